The van der Waals surface area contributed by atoms with Gasteiger partial charge in [0.2, 0.25) is 0 Å². The molecule has 0 aromatic carbocycles. The summed E-state index contributed by atoms with van der Waals surface area (Å²) in [6.45, 7) is 2.23. The third-order valence-electron chi connectivity index (χ3n) is 4.70. The first-order chi connectivity index (χ1) is 12.1. The fourth-order valence-electron chi connectivity index (χ4n) is 3.15. The Morgan fingerprint density at radius 2 is 0.840 bits per heavy atom. The standard InChI is InChI=1S/C21H41F3S/c1-2-25-20-18-16-14-12-10-8-6-4-3-5-7-9-11-13-15-17-19-21(22,23)24/h2-20H2,1H3. The van der Waals surface area contributed by atoms with Crippen molar-refractivity contribution in [2.75, 3.05) is 11.5 Å². The van der Waals surface area contributed by atoms with E-state index in [2.05, 4.69) is 18.7 Å². The van der Waals surface area contributed by atoms with Gasteiger partial charge in [-0.1, -0.05) is 96.8 Å². The summed E-state index contributed by atoms with van der Waals surface area (Å²) >= 11 is 2.06. The quantitative estimate of drug-likeness (QED) is 0.201. The maximum Gasteiger partial charge on any atom is 0.389 e. The molecule has 0 heterocycles. The van der Waals surface area contributed by atoms with Crippen molar-refractivity contribution in [1.82, 2.24) is 0 Å². The van der Waals surface area contributed by atoms with Crippen LogP contribution in [0.1, 0.15) is 116 Å². The molecule has 4 heteroatoms. The topological polar surface area (TPSA) is 0 Å². The summed E-state index contributed by atoms with van der Waals surface area (Å²) < 4.78 is 35.9. The van der Waals surface area contributed by atoms with Crippen LogP contribution in [0.15, 0.2) is 0 Å². The molecule has 0 N–H and O–H groups in total. The number of rotatable bonds is 19. The third-order valence-corrected chi connectivity index (χ3v) is 5.69. The molecule has 25 heavy (non-hydrogen) atoms. The minimum absolute atomic E-state index is 0.307. The second-order valence-electron chi connectivity index (χ2n) is 7.22. The average Bonchev–Trinajstić information content (AvgIpc) is 2.56. The van der Waals surface area contributed by atoms with Gasteiger partial charge in [0.15, 0.2) is 0 Å². The normalized spacial score (nSPS) is 12.0. The summed E-state index contributed by atoms with van der Waals surface area (Å²) in [5.41, 5.74) is 0. The highest BCUT2D eigenvalue weighted by molar-refractivity contribution is 7.99. The van der Waals surface area contributed by atoms with Crippen molar-refractivity contribution < 1.29 is 13.2 Å². The van der Waals surface area contributed by atoms with Crippen LogP contribution in [0.4, 0.5) is 13.2 Å². The van der Waals surface area contributed by atoms with Gasteiger partial charge in [-0.25, -0.2) is 0 Å². The molecule has 0 spiro atoms. The molecule has 0 saturated carbocycles. The van der Waals surface area contributed by atoms with E-state index in [1.165, 1.54) is 88.6 Å². The van der Waals surface area contributed by atoms with Gasteiger partial charge in [-0.05, 0) is 24.3 Å². The number of thioether (sulfide) groups is 1. The second kappa shape index (κ2) is 18.9. The molecule has 0 unspecified atom stereocenters. The molecule has 0 aromatic heterocycles. The lowest BCUT2D eigenvalue weighted by molar-refractivity contribution is -0.135. The van der Waals surface area contributed by atoms with Crippen molar-refractivity contribution in [2.24, 2.45) is 0 Å². The fourth-order valence-corrected chi connectivity index (χ4v) is 3.85. The third kappa shape index (κ3) is 24.1. The van der Waals surface area contributed by atoms with Crippen LogP contribution < -0.4 is 0 Å². The molecular weight excluding hydrogens is 341 g/mol. The molecule has 0 fully saturated rings. The van der Waals surface area contributed by atoms with Crippen molar-refractivity contribution in [3.8, 4) is 0 Å². The van der Waals surface area contributed by atoms with Crippen LogP contribution in [0, 0.1) is 0 Å². The molecule has 0 amide bonds. The summed E-state index contributed by atoms with van der Waals surface area (Å²) in [6, 6.07) is 0. The summed E-state index contributed by atoms with van der Waals surface area (Å²) in [6.07, 6.45) is 14.8. The minimum atomic E-state index is -3.96. The van der Waals surface area contributed by atoms with Crippen LogP contribution in [0.25, 0.3) is 0 Å². The van der Waals surface area contributed by atoms with Crippen molar-refractivity contribution in [3.63, 3.8) is 0 Å². The molecule has 0 aromatic rings. The van der Waals surface area contributed by atoms with Crippen LogP contribution in [0.3, 0.4) is 0 Å². The molecular formula is C21H41F3S. The highest BCUT2D eigenvalue weighted by Crippen LogP contribution is 2.23. The molecule has 0 saturated heterocycles. The Morgan fingerprint density at radius 1 is 0.520 bits per heavy atom. The molecule has 0 aliphatic heterocycles. The predicted molar refractivity (Wildman–Crippen MR) is 108 cm³/mol. The zero-order valence-electron chi connectivity index (χ0n) is 16.5. The Hall–Kier alpha value is 0.140. The summed E-state index contributed by atoms with van der Waals surface area (Å²) in [4.78, 5) is 0. The van der Waals surface area contributed by atoms with E-state index in [1.807, 2.05) is 0 Å². The predicted octanol–water partition coefficient (Wildman–Crippen LogP) is 8.93. The van der Waals surface area contributed by atoms with E-state index < -0.39 is 12.6 Å². The molecule has 0 bridgehead atoms. The lowest BCUT2D eigenvalue weighted by atomic mass is 10.0. The van der Waals surface area contributed by atoms with Gasteiger partial charge in [0.25, 0.3) is 0 Å². The van der Waals surface area contributed by atoms with E-state index >= 15 is 0 Å². The minimum Gasteiger partial charge on any atom is -0.171 e. The van der Waals surface area contributed by atoms with Gasteiger partial charge in [-0.3, -0.25) is 0 Å². The maximum absolute atomic E-state index is 12.0. The van der Waals surface area contributed by atoms with E-state index in [0.717, 1.165) is 19.3 Å². The zero-order valence-corrected chi connectivity index (χ0v) is 17.3. The van der Waals surface area contributed by atoms with Gasteiger partial charge < -0.3 is 0 Å². The van der Waals surface area contributed by atoms with Gasteiger partial charge in [-0.2, -0.15) is 24.9 Å². The van der Waals surface area contributed by atoms with Crippen LogP contribution in [0.5, 0.6) is 0 Å². The summed E-state index contributed by atoms with van der Waals surface area (Å²) in [5, 5.41) is 0. The van der Waals surface area contributed by atoms with E-state index in [1.54, 1.807) is 0 Å². The van der Waals surface area contributed by atoms with E-state index in [4.69, 9.17) is 0 Å². The first kappa shape index (κ1) is 25.1. The highest BCUT2D eigenvalue weighted by Gasteiger charge is 2.25. The fraction of sp³-hybridized carbons (Fsp3) is 1.00. The number of alkyl halides is 3. The molecule has 0 aliphatic carbocycles. The number of halogens is 3. The first-order valence-corrected chi connectivity index (χ1v) is 11.9. The van der Waals surface area contributed by atoms with Crippen molar-refractivity contribution in [1.29, 1.82) is 0 Å². The molecule has 0 atom stereocenters. The molecule has 0 aliphatic rings. The van der Waals surface area contributed by atoms with Crippen molar-refractivity contribution in [2.45, 2.75) is 122 Å². The van der Waals surface area contributed by atoms with Crippen LogP contribution in [-0.2, 0) is 0 Å². The van der Waals surface area contributed by atoms with Gasteiger partial charge in [0, 0.05) is 6.42 Å². The van der Waals surface area contributed by atoms with Gasteiger partial charge in [0.1, 0.15) is 0 Å². The van der Waals surface area contributed by atoms with Gasteiger partial charge in [0.05, 0.1) is 0 Å². The Balaban J connectivity index is 3.01. The van der Waals surface area contributed by atoms with Gasteiger partial charge in [-0.15, -0.1) is 0 Å². The van der Waals surface area contributed by atoms with E-state index in [9.17, 15) is 13.2 Å². The smallest absolute Gasteiger partial charge is 0.171 e. The monoisotopic (exact) mass is 382 g/mol. The second-order valence-corrected chi connectivity index (χ2v) is 8.61. The number of hydrogen-bond donors (Lipinski definition) is 0. The number of unbranched alkanes of at least 4 members (excludes halogenated alkanes) is 15. The van der Waals surface area contributed by atoms with E-state index in [0.29, 0.717) is 6.42 Å². The lowest BCUT2D eigenvalue weighted by Crippen LogP contribution is -2.06. The zero-order chi connectivity index (χ0) is 18.6. The summed E-state index contributed by atoms with van der Waals surface area (Å²) in [7, 11) is 0. The molecule has 152 valence electrons. The Kier molecular flexibility index (Phi) is 19.0. The molecule has 0 rings (SSSR count). The van der Waals surface area contributed by atoms with Crippen molar-refractivity contribution >= 4 is 11.8 Å². The van der Waals surface area contributed by atoms with Crippen LogP contribution in [0.2, 0.25) is 0 Å². The Morgan fingerprint density at radius 3 is 1.16 bits per heavy atom. The summed E-state index contributed by atoms with van der Waals surface area (Å²) in [5.74, 6) is 2.59. The average molecular weight is 383 g/mol. The Bertz CT molecular complexity index is 254. The Labute approximate surface area is 159 Å². The van der Waals surface area contributed by atoms with E-state index in [-0.39, 0.29) is 0 Å². The lowest BCUT2D eigenvalue weighted by Gasteiger charge is -2.05. The largest absolute Gasteiger partial charge is 0.389 e. The first-order valence-electron chi connectivity index (χ1n) is 10.7. The van der Waals surface area contributed by atoms with Crippen LogP contribution >= 0.6 is 11.8 Å². The molecule has 0 radical (unpaired) electrons. The van der Waals surface area contributed by atoms with Crippen LogP contribution in [-0.4, -0.2) is 17.7 Å². The van der Waals surface area contributed by atoms with Gasteiger partial charge >= 0.3 is 6.18 Å². The number of hydrogen-bond acceptors (Lipinski definition) is 1. The maximum atomic E-state index is 12.0. The highest BCUT2D eigenvalue weighted by atomic mass is 32.2. The SMILES string of the molecule is CCSCCCCCCCCCCCCCCCCCCC(F)(F)F. The van der Waals surface area contributed by atoms with Crippen molar-refractivity contribution in [3.05, 3.63) is 0 Å². The molecule has 0 nitrogen and oxygen atoms in total.